The quantitative estimate of drug-likeness (QED) is 0.255. The molecule has 35 heavy (non-hydrogen) atoms. The minimum absolute atomic E-state index is 0.214. The maximum atomic E-state index is 15.1. The third-order valence-corrected chi connectivity index (χ3v) is 11.5. The van der Waals surface area contributed by atoms with E-state index in [0.717, 1.165) is 74.3 Å². The normalized spacial score (nSPS) is 24.5. The molecule has 0 amide bonds. The Morgan fingerprint density at radius 3 is 1.94 bits per heavy atom. The van der Waals surface area contributed by atoms with Crippen LogP contribution in [0.25, 0.3) is 0 Å². The first-order chi connectivity index (χ1) is 16.9. The molecule has 2 aromatic carbocycles. The Hall–Kier alpha value is -0.405. The van der Waals surface area contributed by atoms with Crippen molar-refractivity contribution in [2.24, 2.45) is 17.8 Å². The SMILES string of the molecule is CC1CCC(CCc2ccc(Cc3ccc(C4CCC(C)CC4)c(Cl)c3F)cc2)CC1.CC[CH2][Hg]. The van der Waals surface area contributed by atoms with Gasteiger partial charge in [-0.25, -0.2) is 4.39 Å². The molecular formula is C32H45ClFHg. The van der Waals surface area contributed by atoms with Gasteiger partial charge in [-0.3, -0.25) is 0 Å². The molecule has 4 rings (SSSR count). The van der Waals surface area contributed by atoms with E-state index in [1.807, 2.05) is 6.07 Å². The first-order valence-electron chi connectivity index (χ1n) is 14.2. The van der Waals surface area contributed by atoms with E-state index >= 15 is 4.39 Å². The molecule has 189 valence electrons. The zero-order valence-electron chi connectivity index (χ0n) is 22.4. The molecule has 0 unspecified atom stereocenters. The molecular weight excluding hydrogens is 639 g/mol. The molecule has 0 bridgehead atoms. The molecule has 3 heteroatoms. The number of hydrogen-bond donors (Lipinski definition) is 0. The minimum atomic E-state index is -0.214. The van der Waals surface area contributed by atoms with E-state index < -0.39 is 0 Å². The van der Waals surface area contributed by atoms with E-state index in [2.05, 4.69) is 51.1 Å². The van der Waals surface area contributed by atoms with Gasteiger partial charge in [0.1, 0.15) is 5.82 Å². The second-order valence-electron chi connectivity index (χ2n) is 11.4. The number of rotatable bonds is 7. The Kier molecular flexibility index (Phi) is 12.6. The Morgan fingerprint density at radius 2 is 1.37 bits per heavy atom. The third-order valence-electron chi connectivity index (χ3n) is 8.40. The van der Waals surface area contributed by atoms with Gasteiger partial charge in [-0.15, -0.1) is 0 Å². The number of aryl methyl sites for hydroxylation is 1. The van der Waals surface area contributed by atoms with Crippen LogP contribution in [0.15, 0.2) is 36.4 Å². The Bertz CT molecular complexity index is 875. The van der Waals surface area contributed by atoms with Crippen molar-refractivity contribution in [3.05, 3.63) is 69.5 Å². The second kappa shape index (κ2) is 15.1. The van der Waals surface area contributed by atoms with Crippen molar-refractivity contribution < 1.29 is 30.5 Å². The zero-order chi connectivity index (χ0) is 25.2. The van der Waals surface area contributed by atoms with Gasteiger partial charge in [0.15, 0.2) is 0 Å². The fourth-order valence-electron chi connectivity index (χ4n) is 5.66. The Balaban J connectivity index is 0.000000795. The van der Waals surface area contributed by atoms with Gasteiger partial charge < -0.3 is 0 Å². The first kappa shape index (κ1) is 29.2. The van der Waals surface area contributed by atoms with Crippen molar-refractivity contribution >= 4 is 11.6 Å². The van der Waals surface area contributed by atoms with Crippen molar-refractivity contribution in [3.63, 3.8) is 0 Å². The number of benzene rings is 2. The van der Waals surface area contributed by atoms with Crippen LogP contribution in [0.3, 0.4) is 0 Å². The van der Waals surface area contributed by atoms with Crippen LogP contribution < -0.4 is 0 Å². The molecule has 2 aliphatic carbocycles. The molecule has 0 atom stereocenters. The second-order valence-corrected chi connectivity index (χ2v) is 14.5. The topological polar surface area (TPSA) is 0 Å². The molecule has 2 fully saturated rings. The van der Waals surface area contributed by atoms with E-state index in [9.17, 15) is 0 Å². The molecule has 0 nitrogen and oxygen atoms in total. The summed E-state index contributed by atoms with van der Waals surface area (Å²) in [4.78, 5) is 0. The zero-order valence-corrected chi connectivity index (χ0v) is 28.7. The van der Waals surface area contributed by atoms with Crippen LogP contribution in [0, 0.1) is 23.6 Å². The molecule has 0 heterocycles. The number of halogens is 2. The standard InChI is InChI=1S/C29H38ClF.C3H7.Hg/c1-20-3-7-22(8-4-20)9-10-23-11-13-24(14-12-23)19-26-17-18-27(28(30)29(26)31)25-15-5-21(2)6-16-25;1-3-2;/h11-14,17-18,20-22,25H,3-10,15-16,19H2,1-2H3;1,3H2,2H3;. The van der Waals surface area contributed by atoms with Gasteiger partial charge in [-0.05, 0) is 71.6 Å². The monoisotopic (exact) mass is 685 g/mol. The van der Waals surface area contributed by atoms with E-state index in [0.29, 0.717) is 22.9 Å². The van der Waals surface area contributed by atoms with Gasteiger partial charge in [0.2, 0.25) is 0 Å². The summed E-state index contributed by atoms with van der Waals surface area (Å²) >= 11 is 7.58. The Labute approximate surface area is 235 Å². The van der Waals surface area contributed by atoms with Crippen molar-refractivity contribution in [2.45, 2.75) is 108 Å². The summed E-state index contributed by atoms with van der Waals surface area (Å²) < 4.78 is 16.6. The molecule has 2 saturated carbocycles. The molecule has 0 radical (unpaired) electrons. The van der Waals surface area contributed by atoms with Crippen LogP contribution in [0.5, 0.6) is 0 Å². The van der Waals surface area contributed by atoms with E-state index in [-0.39, 0.29) is 5.82 Å². The molecule has 0 saturated heterocycles. The van der Waals surface area contributed by atoms with E-state index in [4.69, 9.17) is 11.6 Å². The van der Waals surface area contributed by atoms with E-state index in [1.54, 1.807) is 0 Å². The van der Waals surface area contributed by atoms with Gasteiger partial charge in [0, 0.05) is 6.42 Å². The summed E-state index contributed by atoms with van der Waals surface area (Å²) in [5, 5.41) is 0.357. The average Bonchev–Trinajstić information content (AvgIpc) is 2.88. The van der Waals surface area contributed by atoms with Crippen LogP contribution in [0.1, 0.15) is 113 Å². The van der Waals surface area contributed by atoms with Crippen LogP contribution in [-0.4, -0.2) is 0 Å². The summed E-state index contributed by atoms with van der Waals surface area (Å²) in [6.07, 6.45) is 14.8. The van der Waals surface area contributed by atoms with Crippen LogP contribution in [0.2, 0.25) is 8.95 Å². The van der Waals surface area contributed by atoms with E-state index in [1.165, 1.54) is 60.9 Å². The predicted octanol–water partition coefficient (Wildman–Crippen LogP) is 10.5. The van der Waals surface area contributed by atoms with Gasteiger partial charge in [-0.1, -0.05) is 100 Å². The van der Waals surface area contributed by atoms with Crippen molar-refractivity contribution in [1.82, 2.24) is 0 Å². The summed E-state index contributed by atoms with van der Waals surface area (Å²) in [5.41, 5.74) is 4.29. The van der Waals surface area contributed by atoms with Crippen molar-refractivity contribution in [3.8, 4) is 0 Å². The van der Waals surface area contributed by atoms with Crippen LogP contribution in [-0.2, 0) is 39.0 Å². The summed E-state index contributed by atoms with van der Waals surface area (Å²) in [6.45, 7) is 6.92. The van der Waals surface area contributed by atoms with Crippen LogP contribution in [0.4, 0.5) is 4.39 Å². The summed E-state index contributed by atoms with van der Waals surface area (Å²) in [7, 11) is 0. The van der Waals surface area contributed by atoms with Gasteiger partial charge in [0.25, 0.3) is 0 Å². The summed E-state index contributed by atoms with van der Waals surface area (Å²) in [6, 6.07) is 12.9. The molecule has 2 aliphatic rings. The first-order valence-corrected chi connectivity index (χ1v) is 18.5. The molecule has 0 N–H and O–H groups in total. The molecule has 2 aromatic rings. The number of hydrogen-bond acceptors (Lipinski definition) is 0. The fourth-order valence-corrected chi connectivity index (χ4v) is 6.00. The average molecular weight is 685 g/mol. The molecule has 0 aliphatic heterocycles. The third kappa shape index (κ3) is 9.13. The fraction of sp³-hybridized carbons (Fsp3) is 0.625. The van der Waals surface area contributed by atoms with Gasteiger partial charge in [0.05, 0.1) is 5.02 Å². The van der Waals surface area contributed by atoms with Crippen molar-refractivity contribution in [1.29, 1.82) is 0 Å². The molecule has 0 spiro atoms. The predicted molar refractivity (Wildman–Crippen MR) is 146 cm³/mol. The summed E-state index contributed by atoms with van der Waals surface area (Å²) in [5.74, 6) is 2.81. The van der Waals surface area contributed by atoms with Crippen LogP contribution >= 0.6 is 11.6 Å². The molecule has 0 aromatic heterocycles. The maximum absolute atomic E-state index is 15.1. The van der Waals surface area contributed by atoms with Gasteiger partial charge in [-0.2, -0.15) is 0 Å². The Morgan fingerprint density at radius 1 is 0.829 bits per heavy atom. The van der Waals surface area contributed by atoms with Gasteiger partial charge >= 0.3 is 43.4 Å². The van der Waals surface area contributed by atoms with Crippen molar-refractivity contribution in [2.75, 3.05) is 0 Å².